The molecule has 2 unspecified atom stereocenters. The second-order valence-corrected chi connectivity index (χ2v) is 10.1. The van der Waals surface area contributed by atoms with Crippen molar-refractivity contribution >= 4 is 27.5 Å². The van der Waals surface area contributed by atoms with E-state index in [1.165, 1.54) is 10.4 Å². The summed E-state index contributed by atoms with van der Waals surface area (Å²) in [5.41, 5.74) is 1.76. The Kier molecular flexibility index (Phi) is 5.25. The second kappa shape index (κ2) is 7.57. The van der Waals surface area contributed by atoms with Crippen LogP contribution in [-0.2, 0) is 26.0 Å². The lowest BCUT2D eigenvalue weighted by Gasteiger charge is -2.36. The van der Waals surface area contributed by atoms with Crippen LogP contribution in [0.25, 0.3) is 0 Å². The first-order valence-electron chi connectivity index (χ1n) is 10.2. The SMILES string of the molecule is C=CC(=O)NC1CCN(S(=O)(=O)c2ccc3c(c2)CCN3C(=O)C2CC2)C(C)C1. The number of nitrogens with one attached hydrogen (secondary N) is 1. The molecule has 1 aromatic rings. The van der Waals surface area contributed by atoms with Crippen LogP contribution < -0.4 is 10.2 Å². The molecule has 29 heavy (non-hydrogen) atoms. The predicted molar refractivity (Wildman–Crippen MR) is 110 cm³/mol. The van der Waals surface area contributed by atoms with Gasteiger partial charge in [0.1, 0.15) is 0 Å². The third-order valence-corrected chi connectivity index (χ3v) is 8.10. The highest BCUT2D eigenvalue weighted by Crippen LogP contribution is 2.37. The summed E-state index contributed by atoms with van der Waals surface area (Å²) in [5, 5.41) is 2.86. The van der Waals surface area contributed by atoms with Gasteiger partial charge in [-0.05, 0) is 68.9 Å². The van der Waals surface area contributed by atoms with E-state index < -0.39 is 10.0 Å². The number of fused-ring (bicyclic) bond motifs is 1. The molecule has 156 valence electrons. The van der Waals surface area contributed by atoms with Gasteiger partial charge >= 0.3 is 0 Å². The lowest BCUT2D eigenvalue weighted by atomic mass is 10.0. The van der Waals surface area contributed by atoms with Crippen molar-refractivity contribution in [1.82, 2.24) is 9.62 Å². The normalized spacial score (nSPS) is 24.8. The third-order valence-electron chi connectivity index (χ3n) is 6.09. The van der Waals surface area contributed by atoms with E-state index >= 15 is 0 Å². The van der Waals surface area contributed by atoms with Gasteiger partial charge in [-0.25, -0.2) is 8.42 Å². The van der Waals surface area contributed by atoms with Gasteiger partial charge in [-0.15, -0.1) is 0 Å². The summed E-state index contributed by atoms with van der Waals surface area (Å²) in [5.74, 6) is 0.0761. The highest BCUT2D eigenvalue weighted by Gasteiger charge is 2.38. The molecular formula is C21H27N3O4S. The molecule has 7 nitrogen and oxygen atoms in total. The molecule has 8 heteroatoms. The lowest BCUT2D eigenvalue weighted by molar-refractivity contribution is -0.119. The Labute approximate surface area is 171 Å². The molecule has 4 rings (SSSR count). The fourth-order valence-electron chi connectivity index (χ4n) is 4.35. The van der Waals surface area contributed by atoms with Crippen molar-refractivity contribution in [3.63, 3.8) is 0 Å². The number of anilines is 1. The van der Waals surface area contributed by atoms with Gasteiger partial charge in [0, 0.05) is 36.8 Å². The van der Waals surface area contributed by atoms with E-state index in [2.05, 4.69) is 11.9 Å². The minimum Gasteiger partial charge on any atom is -0.350 e. The summed E-state index contributed by atoms with van der Waals surface area (Å²) in [6.45, 7) is 6.30. The Morgan fingerprint density at radius 3 is 2.62 bits per heavy atom. The Balaban J connectivity index is 1.50. The first kappa shape index (κ1) is 20.1. The van der Waals surface area contributed by atoms with Crippen molar-refractivity contribution in [2.24, 2.45) is 5.92 Å². The van der Waals surface area contributed by atoms with Crippen molar-refractivity contribution in [1.29, 1.82) is 0 Å². The van der Waals surface area contributed by atoms with Crippen LogP contribution >= 0.6 is 0 Å². The van der Waals surface area contributed by atoms with Gasteiger partial charge < -0.3 is 10.2 Å². The fraction of sp³-hybridized carbons (Fsp3) is 0.524. The minimum atomic E-state index is -3.63. The number of sulfonamides is 1. The minimum absolute atomic E-state index is 0.0519. The maximum absolute atomic E-state index is 13.3. The summed E-state index contributed by atoms with van der Waals surface area (Å²) in [6.07, 6.45) is 4.96. The number of hydrogen-bond donors (Lipinski definition) is 1. The number of amides is 2. The van der Waals surface area contributed by atoms with Gasteiger partial charge in [-0.1, -0.05) is 6.58 Å². The van der Waals surface area contributed by atoms with Crippen LogP contribution in [0.4, 0.5) is 5.69 Å². The van der Waals surface area contributed by atoms with Crippen LogP contribution in [0.15, 0.2) is 35.7 Å². The molecule has 0 spiro atoms. The van der Waals surface area contributed by atoms with Gasteiger partial charge in [-0.3, -0.25) is 9.59 Å². The Bertz CT molecular complexity index is 955. The monoisotopic (exact) mass is 417 g/mol. The van der Waals surface area contributed by atoms with Crippen LogP contribution in [0.1, 0.15) is 38.2 Å². The van der Waals surface area contributed by atoms with E-state index in [9.17, 15) is 18.0 Å². The van der Waals surface area contributed by atoms with E-state index in [4.69, 9.17) is 0 Å². The maximum atomic E-state index is 13.3. The third kappa shape index (κ3) is 3.83. The Hall–Kier alpha value is -2.19. The van der Waals surface area contributed by atoms with Crippen molar-refractivity contribution < 1.29 is 18.0 Å². The van der Waals surface area contributed by atoms with E-state index in [1.807, 2.05) is 6.92 Å². The zero-order chi connectivity index (χ0) is 20.8. The molecule has 1 N–H and O–H groups in total. The van der Waals surface area contributed by atoms with E-state index in [-0.39, 0.29) is 34.7 Å². The quantitative estimate of drug-likeness (QED) is 0.741. The number of nitrogens with zero attached hydrogens (tertiary/aromatic N) is 2. The molecule has 2 atom stereocenters. The summed E-state index contributed by atoms with van der Waals surface area (Å²) >= 11 is 0. The van der Waals surface area contributed by atoms with Crippen molar-refractivity contribution in [3.05, 3.63) is 36.4 Å². The second-order valence-electron chi connectivity index (χ2n) is 8.20. The molecule has 1 aromatic carbocycles. The molecule has 0 aromatic heterocycles. The van der Waals surface area contributed by atoms with Gasteiger partial charge in [0.2, 0.25) is 21.8 Å². The van der Waals surface area contributed by atoms with Gasteiger partial charge in [0.25, 0.3) is 0 Å². The van der Waals surface area contributed by atoms with Gasteiger partial charge in [0.15, 0.2) is 0 Å². The molecule has 2 aliphatic heterocycles. The largest absolute Gasteiger partial charge is 0.350 e. The average molecular weight is 418 g/mol. The fourth-order valence-corrected chi connectivity index (χ4v) is 6.06. The first-order chi connectivity index (χ1) is 13.8. The molecule has 0 bridgehead atoms. The topological polar surface area (TPSA) is 86.8 Å². The average Bonchev–Trinajstić information content (AvgIpc) is 3.46. The molecular weight excluding hydrogens is 390 g/mol. The van der Waals surface area contributed by atoms with Crippen LogP contribution in [-0.4, -0.2) is 49.7 Å². The zero-order valence-electron chi connectivity index (χ0n) is 16.6. The highest BCUT2D eigenvalue weighted by molar-refractivity contribution is 7.89. The molecule has 1 saturated heterocycles. The number of benzene rings is 1. The van der Waals surface area contributed by atoms with Crippen LogP contribution in [0.2, 0.25) is 0 Å². The summed E-state index contributed by atoms with van der Waals surface area (Å²) in [4.78, 5) is 26.0. The van der Waals surface area contributed by atoms with Gasteiger partial charge in [0.05, 0.1) is 4.90 Å². The lowest BCUT2D eigenvalue weighted by Crippen LogP contribution is -2.50. The zero-order valence-corrected chi connectivity index (χ0v) is 17.5. The molecule has 3 aliphatic rings. The molecule has 2 amide bonds. The number of rotatable bonds is 5. The first-order valence-corrected chi connectivity index (χ1v) is 11.6. The molecule has 1 saturated carbocycles. The predicted octanol–water partition coefficient (Wildman–Crippen LogP) is 1.83. The van der Waals surface area contributed by atoms with Crippen molar-refractivity contribution in [2.75, 3.05) is 18.0 Å². The summed E-state index contributed by atoms with van der Waals surface area (Å²) < 4.78 is 28.0. The molecule has 2 heterocycles. The maximum Gasteiger partial charge on any atom is 0.243 e. The molecule has 2 fully saturated rings. The van der Waals surface area contributed by atoms with Crippen molar-refractivity contribution in [2.45, 2.75) is 56.0 Å². The number of carbonyl (C=O) groups excluding carboxylic acids is 2. The Morgan fingerprint density at radius 1 is 1.21 bits per heavy atom. The smallest absolute Gasteiger partial charge is 0.243 e. The number of carbonyl (C=O) groups is 2. The van der Waals surface area contributed by atoms with E-state index in [1.54, 1.807) is 23.1 Å². The Morgan fingerprint density at radius 2 is 1.97 bits per heavy atom. The van der Waals surface area contributed by atoms with Crippen LogP contribution in [0, 0.1) is 5.92 Å². The van der Waals surface area contributed by atoms with E-state index in [0.29, 0.717) is 32.4 Å². The van der Waals surface area contributed by atoms with Crippen LogP contribution in [0.3, 0.4) is 0 Å². The van der Waals surface area contributed by atoms with Gasteiger partial charge in [-0.2, -0.15) is 4.31 Å². The van der Waals surface area contributed by atoms with Crippen molar-refractivity contribution in [3.8, 4) is 0 Å². The molecule has 1 aliphatic carbocycles. The summed E-state index contributed by atoms with van der Waals surface area (Å²) in [7, 11) is -3.63. The van der Waals surface area contributed by atoms with Crippen LogP contribution in [0.5, 0.6) is 0 Å². The highest BCUT2D eigenvalue weighted by atomic mass is 32.2. The van der Waals surface area contributed by atoms with E-state index in [0.717, 1.165) is 24.1 Å². The number of hydrogen-bond acceptors (Lipinski definition) is 4. The molecule has 0 radical (unpaired) electrons. The summed E-state index contributed by atoms with van der Waals surface area (Å²) in [6, 6.07) is 4.85. The number of piperidine rings is 1. The standard InChI is InChI=1S/C21H27N3O4S/c1-3-20(25)22-17-9-11-24(14(2)12-17)29(27,28)18-6-7-19-16(13-18)8-10-23(19)21(26)15-4-5-15/h3,6-7,13-15,17H,1,4-5,8-12H2,2H3,(H,22,25).